The fraction of sp³-hybridized carbons (Fsp3) is 0.333. The summed E-state index contributed by atoms with van der Waals surface area (Å²) in [6, 6.07) is 11.2. The fourth-order valence-electron chi connectivity index (χ4n) is 3.82. The van der Waals surface area contributed by atoms with Gasteiger partial charge in [-0.05, 0) is 48.5 Å². The van der Waals surface area contributed by atoms with Crippen molar-refractivity contribution < 1.29 is 55.7 Å². The molecule has 4 atom stereocenters. The van der Waals surface area contributed by atoms with E-state index in [1.807, 2.05) is 0 Å². The van der Waals surface area contributed by atoms with E-state index in [0.29, 0.717) is 22.3 Å². The highest BCUT2D eigenvalue weighted by atomic mass is 31.2. The Hall–Kier alpha value is -3.82. The number of aliphatic hydroxyl groups excluding tert-OH is 2. The van der Waals surface area contributed by atoms with E-state index in [4.69, 9.17) is 33.5 Å². The summed E-state index contributed by atoms with van der Waals surface area (Å²) in [5, 5.41) is 21.1. The van der Waals surface area contributed by atoms with Gasteiger partial charge in [-0.2, -0.15) is 4.98 Å². The van der Waals surface area contributed by atoms with Crippen molar-refractivity contribution in [2.24, 2.45) is 0 Å². The first-order chi connectivity index (χ1) is 19.4. The topological polar surface area (TPSA) is 174 Å². The number of hydrogen-bond donors (Lipinski definition) is 3. The largest absolute Gasteiger partial charge is 0.587 e. The van der Waals surface area contributed by atoms with Crippen LogP contribution in [0.2, 0.25) is 0 Å². The Balaban J connectivity index is 1.65. The lowest BCUT2D eigenvalue weighted by Crippen LogP contribution is -2.52. The number of ether oxygens (including phenoxy) is 3. The summed E-state index contributed by atoms with van der Waals surface area (Å²) < 4.78 is 88.5. The predicted octanol–water partition coefficient (Wildman–Crippen LogP) is 2.52. The quantitative estimate of drug-likeness (QED) is 0.274. The summed E-state index contributed by atoms with van der Waals surface area (Å²) in [7, 11) is -2.02. The highest BCUT2D eigenvalue weighted by molar-refractivity contribution is 7.49. The third-order valence-electron chi connectivity index (χ3n) is 6.04. The Labute approximate surface area is 230 Å². The van der Waals surface area contributed by atoms with Crippen LogP contribution in [0.1, 0.15) is 6.23 Å². The van der Waals surface area contributed by atoms with Crippen LogP contribution < -0.4 is 29.9 Å². The van der Waals surface area contributed by atoms with Crippen molar-refractivity contribution >= 4 is 13.6 Å². The molecule has 4 rings (SSSR count). The first kappa shape index (κ1) is 30.1. The van der Waals surface area contributed by atoms with E-state index in [0.717, 1.165) is 0 Å². The van der Waals surface area contributed by atoms with Crippen LogP contribution in [-0.2, 0) is 13.8 Å². The zero-order valence-electron chi connectivity index (χ0n) is 21.4. The van der Waals surface area contributed by atoms with E-state index in [2.05, 4.69) is 4.98 Å². The van der Waals surface area contributed by atoms with Gasteiger partial charge in [-0.25, -0.2) is 22.5 Å². The molecule has 1 saturated heterocycles. The van der Waals surface area contributed by atoms with Crippen molar-refractivity contribution in [2.45, 2.75) is 30.5 Å². The molecule has 0 aliphatic carbocycles. The monoisotopic (exact) mass is 603 g/mol. The summed E-state index contributed by atoms with van der Waals surface area (Å²) in [4.78, 5) is 15.4. The molecule has 0 amide bonds. The van der Waals surface area contributed by atoms with Gasteiger partial charge in [-0.3, -0.25) is 9.09 Å². The number of rotatable bonds is 11. The molecule has 0 bridgehead atoms. The number of nitrogen functional groups attached to an aromatic ring is 1. The normalized spacial score (nSPS) is 22.5. The minimum atomic E-state index is -4.85. The Morgan fingerprint density at radius 1 is 1.02 bits per heavy atom. The van der Waals surface area contributed by atoms with Crippen molar-refractivity contribution in [1.82, 2.24) is 9.55 Å². The molecule has 4 N–H and O–H groups in total. The summed E-state index contributed by atoms with van der Waals surface area (Å²) in [6.07, 6.45) is -9.83. The summed E-state index contributed by atoms with van der Waals surface area (Å²) in [6.45, 7) is -1.39. The number of alkyl halides is 2. The molecule has 1 aliphatic rings. The van der Waals surface area contributed by atoms with Crippen molar-refractivity contribution in [1.29, 1.82) is 0 Å². The lowest BCUT2D eigenvalue weighted by atomic mass is 9.96. The van der Waals surface area contributed by atoms with Crippen molar-refractivity contribution in [3.8, 4) is 23.0 Å². The lowest BCUT2D eigenvalue weighted by Gasteiger charge is -2.31. The van der Waals surface area contributed by atoms with E-state index in [1.54, 1.807) is 0 Å². The zero-order valence-corrected chi connectivity index (χ0v) is 22.3. The standard InChI is InChI=1S/C24H25F3N3O10P/c1-35-13-3-7-15(8-4-13)39-41(34,40-16-9-5-14(36-2)6-10-16)37-12-24(22(26)27)19(32)18(31)21(38-24)30-11-17(25)20(28)29-23(30)33/h3-11,18-19,21-22,31-32H,12H2,1-2H3,(H2,28,29,33)/t18-,19-,21+,24+/m0/s1. The Bertz CT molecular complexity index is 1410. The first-order valence-corrected chi connectivity index (χ1v) is 13.2. The van der Waals surface area contributed by atoms with Gasteiger partial charge in [0.1, 0.15) is 35.2 Å². The van der Waals surface area contributed by atoms with Gasteiger partial charge in [-0.1, -0.05) is 0 Å². The average molecular weight is 603 g/mol. The number of hydrogen-bond acceptors (Lipinski definition) is 12. The van der Waals surface area contributed by atoms with Crippen LogP contribution >= 0.6 is 7.82 Å². The zero-order chi connectivity index (χ0) is 29.9. The molecule has 1 aromatic heterocycles. The van der Waals surface area contributed by atoms with E-state index >= 15 is 0 Å². The molecular weight excluding hydrogens is 578 g/mol. The third-order valence-corrected chi connectivity index (χ3v) is 7.35. The molecule has 0 unspecified atom stereocenters. The Morgan fingerprint density at radius 3 is 1.98 bits per heavy atom. The molecule has 2 aromatic carbocycles. The van der Waals surface area contributed by atoms with Crippen LogP contribution in [0, 0.1) is 5.82 Å². The van der Waals surface area contributed by atoms with Gasteiger partial charge >= 0.3 is 13.5 Å². The van der Waals surface area contributed by atoms with Gasteiger partial charge in [0.15, 0.2) is 23.5 Å². The van der Waals surface area contributed by atoms with E-state index in [1.165, 1.54) is 62.8 Å². The van der Waals surface area contributed by atoms with Crippen LogP contribution in [-0.4, -0.2) is 64.8 Å². The summed E-state index contributed by atoms with van der Waals surface area (Å²) in [5.41, 5.74) is 0.886. The summed E-state index contributed by atoms with van der Waals surface area (Å²) >= 11 is 0. The maximum absolute atomic E-state index is 14.5. The molecule has 17 heteroatoms. The highest BCUT2D eigenvalue weighted by Crippen LogP contribution is 2.52. The minimum Gasteiger partial charge on any atom is -0.497 e. The maximum atomic E-state index is 14.5. The molecule has 222 valence electrons. The molecule has 2 heterocycles. The number of halogens is 3. The Kier molecular flexibility index (Phi) is 8.80. The van der Waals surface area contributed by atoms with Gasteiger partial charge in [0.05, 0.1) is 27.0 Å². The van der Waals surface area contributed by atoms with Crippen molar-refractivity contribution in [2.75, 3.05) is 26.6 Å². The van der Waals surface area contributed by atoms with Gasteiger partial charge in [-0.15, -0.1) is 0 Å². The number of anilines is 1. The van der Waals surface area contributed by atoms with E-state index in [9.17, 15) is 32.7 Å². The molecular formula is C24H25F3N3O10P. The van der Waals surface area contributed by atoms with E-state index < -0.39 is 62.2 Å². The van der Waals surface area contributed by atoms with E-state index in [-0.39, 0.29) is 11.5 Å². The lowest BCUT2D eigenvalue weighted by molar-refractivity contribution is -0.193. The molecule has 41 heavy (non-hydrogen) atoms. The van der Waals surface area contributed by atoms with Gasteiger partial charge in [0.2, 0.25) is 0 Å². The summed E-state index contributed by atoms with van der Waals surface area (Å²) in [5.74, 6) is -1.30. The fourth-order valence-corrected chi connectivity index (χ4v) is 5.08. The SMILES string of the molecule is COc1ccc(OP(=O)(OC[C@@]2(C(F)F)O[C@@H](n3cc(F)c(N)nc3=O)[C@@H](O)[C@@H]2O)Oc2ccc(OC)cc2)cc1. The highest BCUT2D eigenvalue weighted by Gasteiger charge is 2.62. The number of benzene rings is 2. The van der Waals surface area contributed by atoms with Gasteiger partial charge in [0.25, 0.3) is 6.43 Å². The van der Waals surface area contributed by atoms with Crippen LogP contribution in [0.4, 0.5) is 19.0 Å². The number of aromatic nitrogens is 2. The van der Waals surface area contributed by atoms with Crippen LogP contribution in [0.15, 0.2) is 59.5 Å². The molecule has 1 fully saturated rings. The second-order valence-electron chi connectivity index (χ2n) is 8.62. The third kappa shape index (κ3) is 6.26. The molecule has 3 aromatic rings. The first-order valence-electron chi connectivity index (χ1n) is 11.7. The number of nitrogens with zero attached hydrogens (tertiary/aromatic N) is 2. The Morgan fingerprint density at radius 2 is 1.51 bits per heavy atom. The van der Waals surface area contributed by atoms with Crippen LogP contribution in [0.5, 0.6) is 23.0 Å². The molecule has 13 nitrogen and oxygen atoms in total. The molecule has 0 saturated carbocycles. The minimum absolute atomic E-state index is 0.0745. The molecule has 0 spiro atoms. The van der Waals surface area contributed by atoms with Gasteiger partial charge in [0, 0.05) is 0 Å². The second kappa shape index (κ2) is 12.0. The van der Waals surface area contributed by atoms with Crippen molar-refractivity contribution in [3.05, 3.63) is 71.0 Å². The van der Waals surface area contributed by atoms with Crippen LogP contribution in [0.3, 0.4) is 0 Å². The van der Waals surface area contributed by atoms with Gasteiger partial charge < -0.3 is 39.2 Å². The van der Waals surface area contributed by atoms with Crippen LogP contribution in [0.25, 0.3) is 0 Å². The number of nitrogens with two attached hydrogens (primary N) is 1. The predicted molar refractivity (Wildman–Crippen MR) is 135 cm³/mol. The smallest absolute Gasteiger partial charge is 0.497 e. The maximum Gasteiger partial charge on any atom is 0.587 e. The number of aliphatic hydroxyl groups is 2. The molecule has 0 radical (unpaired) electrons. The molecule has 1 aliphatic heterocycles. The number of methoxy groups -OCH3 is 2. The number of phosphoric ester groups is 1. The second-order valence-corrected chi connectivity index (χ2v) is 10.1. The number of phosphoric acid groups is 1. The average Bonchev–Trinajstić information content (AvgIpc) is 3.21. The van der Waals surface area contributed by atoms with Crippen molar-refractivity contribution in [3.63, 3.8) is 0 Å².